The number of hydrogen-bond donors (Lipinski definition) is 1. The second-order valence-electron chi connectivity index (χ2n) is 8.19. The number of nitro benzene ring substituents is 1. The third-order valence-electron chi connectivity index (χ3n) is 6.44. The van der Waals surface area contributed by atoms with E-state index >= 15 is 0 Å². The van der Waals surface area contributed by atoms with Gasteiger partial charge in [0.05, 0.1) is 16.8 Å². The van der Waals surface area contributed by atoms with Crippen molar-refractivity contribution in [1.82, 2.24) is 4.90 Å². The first-order valence-corrected chi connectivity index (χ1v) is 11.8. The molecule has 2 saturated carbocycles. The zero-order valence-corrected chi connectivity index (χ0v) is 19.9. The lowest BCUT2D eigenvalue weighted by Gasteiger charge is -2.28. The number of amides is 3. The monoisotopic (exact) mass is 571 g/mol. The number of nitrogens with zero attached hydrogens (tertiary/aromatic N) is 2. The van der Waals surface area contributed by atoms with Crippen LogP contribution in [0.5, 0.6) is 0 Å². The summed E-state index contributed by atoms with van der Waals surface area (Å²) in [6.07, 6.45) is 0.781. The Balaban J connectivity index is 1.36. The van der Waals surface area contributed by atoms with Gasteiger partial charge in [-0.2, -0.15) is 0 Å². The van der Waals surface area contributed by atoms with E-state index in [1.54, 1.807) is 0 Å². The summed E-state index contributed by atoms with van der Waals surface area (Å²) in [5.41, 5.74) is -0.0226. The third kappa shape index (κ3) is 3.72. The second-order valence-corrected chi connectivity index (χ2v) is 10.3. The van der Waals surface area contributed by atoms with Crippen LogP contribution in [0.1, 0.15) is 13.3 Å². The molecule has 12 heteroatoms. The lowest BCUT2D eigenvalue weighted by atomic mass is 9.81. The smallest absolute Gasteiger partial charge is 0.329 e. The van der Waals surface area contributed by atoms with Gasteiger partial charge in [0, 0.05) is 27.5 Å². The van der Waals surface area contributed by atoms with Gasteiger partial charge in [-0.05, 0) is 31.2 Å². The van der Waals surface area contributed by atoms with Gasteiger partial charge < -0.3 is 10.1 Å². The fourth-order valence-electron chi connectivity index (χ4n) is 5.01. The van der Waals surface area contributed by atoms with Crippen LogP contribution in [0.15, 0.2) is 24.3 Å². The number of carbonyl (C=O) groups excluding carboxylic acids is 4. The first-order valence-electron chi connectivity index (χ1n) is 9.97. The maximum atomic E-state index is 13.0. The van der Waals surface area contributed by atoms with Gasteiger partial charge in [-0.1, -0.05) is 37.9 Å². The van der Waals surface area contributed by atoms with Gasteiger partial charge in [-0.15, -0.1) is 0 Å². The molecule has 32 heavy (non-hydrogen) atoms. The molecule has 0 spiro atoms. The number of alkyl halides is 2. The number of nitrogens with one attached hydrogen (secondary N) is 1. The minimum Gasteiger partial charge on any atom is -0.454 e. The number of hydrogen-bond acceptors (Lipinski definition) is 7. The quantitative estimate of drug-likeness (QED) is 0.181. The molecule has 170 valence electrons. The van der Waals surface area contributed by atoms with Crippen LogP contribution in [0.25, 0.3) is 0 Å². The molecule has 1 N–H and O–H groups in total. The van der Waals surface area contributed by atoms with E-state index < -0.39 is 41.3 Å². The number of imide groups is 1. The van der Waals surface area contributed by atoms with E-state index in [1.807, 2.05) is 0 Å². The van der Waals surface area contributed by atoms with E-state index in [0.717, 1.165) is 11.3 Å². The highest BCUT2D eigenvalue weighted by molar-refractivity contribution is 9.12. The Morgan fingerprint density at radius 2 is 1.81 bits per heavy atom. The fraction of sp³-hybridized carbons (Fsp3) is 0.500. The normalized spacial score (nSPS) is 31.4. The van der Waals surface area contributed by atoms with Crippen molar-refractivity contribution in [2.45, 2.75) is 29.0 Å². The molecule has 3 amide bonds. The standard InChI is InChI=1S/C20H19Br2N3O7/c1-8(20(29)32-7-13(26)23-9-3-2-4-10(5-9)25(30)31)24-18(27)14-11-6-12(15(14)19(24)28)17(22)16(11)21/h2-5,8,11-12,14-17H,6-7H2,1H3,(H,23,26)/t8-,11-,12-,14-,15+,16-,17+/m1/s1. The number of rotatable bonds is 6. The number of halogens is 2. The van der Waals surface area contributed by atoms with Crippen molar-refractivity contribution >= 4 is 66.9 Å². The Morgan fingerprint density at radius 3 is 2.38 bits per heavy atom. The van der Waals surface area contributed by atoms with E-state index in [0.29, 0.717) is 0 Å². The lowest BCUT2D eigenvalue weighted by molar-refractivity contribution is -0.384. The van der Waals surface area contributed by atoms with Crippen LogP contribution in [-0.4, -0.2) is 55.8 Å². The summed E-state index contributed by atoms with van der Waals surface area (Å²) < 4.78 is 5.01. The highest BCUT2D eigenvalue weighted by Gasteiger charge is 2.67. The van der Waals surface area contributed by atoms with Crippen LogP contribution in [0, 0.1) is 33.8 Å². The molecule has 4 rings (SSSR count). The number of likely N-dealkylation sites (tertiary alicyclic amines) is 1. The molecule has 0 radical (unpaired) electrons. The van der Waals surface area contributed by atoms with Crippen molar-refractivity contribution in [3.8, 4) is 0 Å². The summed E-state index contributed by atoms with van der Waals surface area (Å²) in [7, 11) is 0. The highest BCUT2D eigenvalue weighted by atomic mass is 79.9. The number of non-ortho nitro benzene ring substituents is 1. The van der Waals surface area contributed by atoms with Crippen LogP contribution in [0.4, 0.5) is 11.4 Å². The average molecular weight is 573 g/mol. The van der Waals surface area contributed by atoms with E-state index in [2.05, 4.69) is 37.2 Å². The van der Waals surface area contributed by atoms with Crippen molar-refractivity contribution in [1.29, 1.82) is 0 Å². The van der Waals surface area contributed by atoms with Gasteiger partial charge in [-0.3, -0.25) is 29.4 Å². The number of esters is 1. The number of ether oxygens (including phenoxy) is 1. The predicted octanol–water partition coefficient (Wildman–Crippen LogP) is 2.24. The molecule has 10 nitrogen and oxygen atoms in total. The number of nitro groups is 1. The van der Waals surface area contributed by atoms with Gasteiger partial charge in [0.2, 0.25) is 11.8 Å². The van der Waals surface area contributed by atoms with Crippen molar-refractivity contribution < 1.29 is 28.8 Å². The van der Waals surface area contributed by atoms with E-state index in [1.165, 1.54) is 31.2 Å². The van der Waals surface area contributed by atoms with E-state index in [9.17, 15) is 29.3 Å². The topological polar surface area (TPSA) is 136 Å². The lowest BCUT2D eigenvalue weighted by Crippen LogP contribution is -2.45. The Bertz CT molecular complexity index is 987. The van der Waals surface area contributed by atoms with Gasteiger partial charge in [-0.25, -0.2) is 4.79 Å². The Morgan fingerprint density at radius 1 is 1.22 bits per heavy atom. The van der Waals surface area contributed by atoms with E-state index in [-0.39, 0.29) is 44.7 Å². The maximum absolute atomic E-state index is 13.0. The minimum atomic E-state index is -1.16. The molecular formula is C20H19Br2N3O7. The van der Waals surface area contributed by atoms with Gasteiger partial charge >= 0.3 is 5.97 Å². The number of fused-ring (bicyclic) bond motifs is 5. The summed E-state index contributed by atoms with van der Waals surface area (Å²) in [6, 6.07) is 4.15. The van der Waals surface area contributed by atoms with Crippen LogP contribution < -0.4 is 5.32 Å². The number of carbonyl (C=O) groups is 4. The summed E-state index contributed by atoms with van der Waals surface area (Å²) in [6.45, 7) is 0.740. The predicted molar refractivity (Wildman–Crippen MR) is 118 cm³/mol. The molecule has 3 aliphatic rings. The summed E-state index contributed by atoms with van der Waals surface area (Å²) in [4.78, 5) is 61.9. The van der Waals surface area contributed by atoms with Gasteiger partial charge in [0.1, 0.15) is 6.04 Å². The van der Waals surface area contributed by atoms with E-state index in [4.69, 9.17) is 4.74 Å². The first-order chi connectivity index (χ1) is 15.1. The molecule has 1 heterocycles. The Labute approximate surface area is 199 Å². The van der Waals surface area contributed by atoms with Crippen molar-refractivity contribution in [2.24, 2.45) is 23.7 Å². The molecule has 1 saturated heterocycles. The molecule has 0 aromatic heterocycles. The largest absolute Gasteiger partial charge is 0.454 e. The fourth-order valence-corrected chi connectivity index (χ4v) is 6.88. The average Bonchev–Trinajstić information content (AvgIpc) is 3.36. The van der Waals surface area contributed by atoms with Crippen LogP contribution in [0.2, 0.25) is 0 Å². The van der Waals surface area contributed by atoms with Gasteiger partial charge in [0.25, 0.3) is 11.6 Å². The van der Waals surface area contributed by atoms with Crippen molar-refractivity contribution in [3.63, 3.8) is 0 Å². The maximum Gasteiger partial charge on any atom is 0.329 e. The van der Waals surface area contributed by atoms with Crippen LogP contribution >= 0.6 is 31.9 Å². The van der Waals surface area contributed by atoms with Crippen LogP contribution in [-0.2, 0) is 23.9 Å². The molecule has 1 aromatic rings. The zero-order valence-electron chi connectivity index (χ0n) is 16.8. The second kappa shape index (κ2) is 8.54. The highest BCUT2D eigenvalue weighted by Crippen LogP contribution is 2.60. The summed E-state index contributed by atoms with van der Waals surface area (Å²) >= 11 is 7.22. The third-order valence-corrected chi connectivity index (χ3v) is 9.64. The molecule has 1 aliphatic heterocycles. The Kier molecular flexibility index (Phi) is 6.10. The summed E-state index contributed by atoms with van der Waals surface area (Å²) in [5.74, 6) is -3.16. The van der Waals surface area contributed by atoms with Gasteiger partial charge in [0.15, 0.2) is 6.61 Å². The molecule has 0 unspecified atom stereocenters. The minimum absolute atomic E-state index is 0.0275. The SMILES string of the molecule is C[C@H](C(=O)OCC(=O)Nc1cccc([N+](=O)[O-])c1)N1C(=O)[C@@H]2[C@H]3C[C@@H]([C@H](Br)[C@@H]3Br)[C@@H]2C1=O. The molecule has 2 aliphatic carbocycles. The molecule has 7 atom stereocenters. The van der Waals surface area contributed by atoms with Crippen molar-refractivity contribution in [2.75, 3.05) is 11.9 Å². The van der Waals surface area contributed by atoms with Crippen LogP contribution in [0.3, 0.4) is 0 Å². The molecule has 3 fully saturated rings. The molecular weight excluding hydrogens is 554 g/mol. The zero-order chi connectivity index (χ0) is 23.3. The first kappa shape index (κ1) is 22.8. The van der Waals surface area contributed by atoms with Crippen molar-refractivity contribution in [3.05, 3.63) is 34.4 Å². The summed E-state index contributed by atoms with van der Waals surface area (Å²) in [5, 5.41) is 13.2. The number of anilines is 1. The Hall–Kier alpha value is -2.34. The number of benzene rings is 1. The molecule has 2 bridgehead atoms. The molecule has 1 aromatic carbocycles.